The molecule has 2 bridgehead atoms. The maximum absolute atomic E-state index is 10.8. The minimum absolute atomic E-state index is 0.480. The van der Waals surface area contributed by atoms with Crippen molar-refractivity contribution in [1.29, 1.82) is 0 Å². The third kappa shape index (κ3) is 1.03. The Morgan fingerprint density at radius 1 is 1.09 bits per heavy atom. The van der Waals surface area contributed by atoms with Gasteiger partial charge in [-0.2, -0.15) is 0 Å². The minimum Gasteiger partial charge on any atom is -0.389 e. The molecule has 0 aliphatic carbocycles. The molecular weight excluding hydrogens is 148 g/mol. The molecule has 2 atom stereocenters. The van der Waals surface area contributed by atoms with Gasteiger partial charge in [-0.15, -0.1) is 0 Å². The van der Waals surface area contributed by atoms with Crippen molar-refractivity contribution in [3.8, 4) is 0 Å². The zero-order valence-corrected chi connectivity index (χ0v) is 5.91. The summed E-state index contributed by atoms with van der Waals surface area (Å²) in [6, 6.07) is 0. The molecule has 0 saturated carbocycles. The first-order chi connectivity index (χ1) is 5.27. The lowest BCUT2D eigenvalue weighted by atomic mass is 10.0. The topological polar surface area (TPSA) is 52.6 Å². The lowest BCUT2D eigenvalue weighted by molar-refractivity contribution is -0.199. The lowest BCUT2D eigenvalue weighted by Gasteiger charge is -2.31. The minimum atomic E-state index is -0.522. The summed E-state index contributed by atoms with van der Waals surface area (Å²) in [7, 11) is 0. The molecule has 60 valence electrons. The highest BCUT2D eigenvalue weighted by atomic mass is 16.6. The Morgan fingerprint density at radius 3 is 2.18 bits per heavy atom. The normalized spacial score (nSPS) is 36.7. The summed E-state index contributed by atoms with van der Waals surface area (Å²) in [6.07, 6.45) is 1.28. The molecule has 2 aliphatic heterocycles. The zero-order chi connectivity index (χ0) is 7.84. The number of hydrogen-bond acceptors (Lipinski definition) is 4. The Morgan fingerprint density at radius 2 is 1.64 bits per heavy atom. The summed E-state index contributed by atoms with van der Waals surface area (Å²) in [5, 5.41) is 0. The summed E-state index contributed by atoms with van der Waals surface area (Å²) in [5.41, 5.74) is 0. The molecule has 2 aliphatic rings. The van der Waals surface area contributed by atoms with Crippen LogP contribution in [0.25, 0.3) is 0 Å². The summed E-state index contributed by atoms with van der Waals surface area (Å²) in [5.74, 6) is -1.04. The molecule has 0 aromatic carbocycles. The van der Waals surface area contributed by atoms with Crippen LogP contribution in [0.4, 0.5) is 0 Å². The van der Waals surface area contributed by atoms with E-state index in [1.54, 1.807) is 0 Å². The number of esters is 2. The molecule has 0 N–H and O–H groups in total. The molecule has 11 heavy (non-hydrogen) atoms. The van der Waals surface area contributed by atoms with Crippen molar-refractivity contribution in [2.24, 2.45) is 0 Å². The van der Waals surface area contributed by atoms with Gasteiger partial charge >= 0.3 is 11.9 Å². The van der Waals surface area contributed by atoms with E-state index in [0.29, 0.717) is 12.8 Å². The van der Waals surface area contributed by atoms with E-state index < -0.39 is 24.1 Å². The van der Waals surface area contributed by atoms with Crippen LogP contribution in [0.1, 0.15) is 19.3 Å². The predicted octanol–water partition coefficient (Wildman–Crippen LogP) is 0.00750. The molecule has 4 heteroatoms. The first kappa shape index (κ1) is 6.79. The molecular formula is C7H8O4. The Hall–Kier alpha value is -0.900. The lowest BCUT2D eigenvalue weighted by Crippen LogP contribution is -2.46. The van der Waals surface area contributed by atoms with E-state index in [1.165, 1.54) is 0 Å². The van der Waals surface area contributed by atoms with Gasteiger partial charge < -0.3 is 9.47 Å². The Labute approximate surface area is 63.5 Å². The van der Waals surface area contributed by atoms with Crippen LogP contribution in [0, 0.1) is 0 Å². The molecule has 4 nitrogen and oxygen atoms in total. The Kier molecular flexibility index (Phi) is 1.42. The Bertz CT molecular complexity index is 190. The molecule has 0 aromatic rings. The fourth-order valence-electron chi connectivity index (χ4n) is 1.40. The SMILES string of the molecule is O=C1OC(=O)C2CCCC1O2. The third-order valence-corrected chi connectivity index (χ3v) is 1.99. The smallest absolute Gasteiger partial charge is 0.342 e. The van der Waals surface area contributed by atoms with E-state index in [4.69, 9.17) is 4.74 Å². The van der Waals surface area contributed by atoms with Crippen LogP contribution >= 0.6 is 0 Å². The molecule has 2 heterocycles. The highest BCUT2D eigenvalue weighted by Crippen LogP contribution is 2.24. The summed E-state index contributed by atoms with van der Waals surface area (Å²) in [4.78, 5) is 21.7. The number of fused-ring (bicyclic) bond motifs is 2. The van der Waals surface area contributed by atoms with Gasteiger partial charge in [-0.05, 0) is 19.3 Å². The number of carbonyl (C=O) groups excluding carboxylic acids is 2. The number of ether oxygens (including phenoxy) is 2. The number of carbonyl (C=O) groups is 2. The third-order valence-electron chi connectivity index (χ3n) is 1.99. The number of hydrogen-bond donors (Lipinski definition) is 0. The molecule has 0 aromatic heterocycles. The van der Waals surface area contributed by atoms with E-state index in [1.807, 2.05) is 0 Å². The van der Waals surface area contributed by atoms with Gasteiger partial charge in [0.1, 0.15) is 0 Å². The van der Waals surface area contributed by atoms with Crippen LogP contribution in [0.3, 0.4) is 0 Å². The first-order valence-corrected chi connectivity index (χ1v) is 3.68. The second kappa shape index (κ2) is 2.30. The molecule has 0 amide bonds. The van der Waals surface area contributed by atoms with Crippen molar-refractivity contribution >= 4 is 11.9 Å². The van der Waals surface area contributed by atoms with Crippen molar-refractivity contribution < 1.29 is 19.1 Å². The van der Waals surface area contributed by atoms with Gasteiger partial charge in [-0.25, -0.2) is 9.59 Å². The quantitative estimate of drug-likeness (QED) is 0.366. The van der Waals surface area contributed by atoms with Crippen molar-refractivity contribution in [2.75, 3.05) is 0 Å². The summed E-state index contributed by atoms with van der Waals surface area (Å²) in [6.45, 7) is 0. The largest absolute Gasteiger partial charge is 0.389 e. The Balaban J connectivity index is 2.17. The van der Waals surface area contributed by atoms with Gasteiger partial charge in [0.05, 0.1) is 0 Å². The maximum atomic E-state index is 10.8. The first-order valence-electron chi connectivity index (χ1n) is 3.68. The molecule has 0 spiro atoms. The van der Waals surface area contributed by atoms with Crippen molar-refractivity contribution in [1.82, 2.24) is 0 Å². The van der Waals surface area contributed by atoms with Crippen LogP contribution in [-0.2, 0) is 19.1 Å². The van der Waals surface area contributed by atoms with Gasteiger partial charge in [0.15, 0.2) is 12.2 Å². The van der Waals surface area contributed by atoms with Crippen molar-refractivity contribution in [3.05, 3.63) is 0 Å². The van der Waals surface area contributed by atoms with Crippen LogP contribution in [0.15, 0.2) is 0 Å². The van der Waals surface area contributed by atoms with Gasteiger partial charge in [0, 0.05) is 0 Å². The van der Waals surface area contributed by atoms with Gasteiger partial charge in [-0.1, -0.05) is 0 Å². The van der Waals surface area contributed by atoms with E-state index in [0.717, 1.165) is 6.42 Å². The zero-order valence-electron chi connectivity index (χ0n) is 5.91. The van der Waals surface area contributed by atoms with Crippen molar-refractivity contribution in [3.63, 3.8) is 0 Å². The number of cyclic esters (lactones) is 2. The maximum Gasteiger partial charge on any atom is 0.342 e. The van der Waals surface area contributed by atoms with Gasteiger partial charge in [0.25, 0.3) is 0 Å². The summed E-state index contributed by atoms with van der Waals surface area (Å²) >= 11 is 0. The average molecular weight is 156 g/mol. The average Bonchev–Trinajstić information content (AvgIpc) is 2.02. The molecule has 2 rings (SSSR count). The second-order valence-corrected chi connectivity index (χ2v) is 2.78. The molecule has 2 saturated heterocycles. The number of rotatable bonds is 0. The van der Waals surface area contributed by atoms with Crippen LogP contribution in [0.5, 0.6) is 0 Å². The van der Waals surface area contributed by atoms with Crippen LogP contribution in [0.2, 0.25) is 0 Å². The highest BCUT2D eigenvalue weighted by molar-refractivity contribution is 5.92. The summed E-state index contributed by atoms with van der Waals surface area (Å²) < 4.78 is 9.57. The van der Waals surface area contributed by atoms with E-state index in [9.17, 15) is 9.59 Å². The predicted molar refractivity (Wildman–Crippen MR) is 33.6 cm³/mol. The molecule has 2 unspecified atom stereocenters. The monoisotopic (exact) mass is 156 g/mol. The standard InChI is InChI=1S/C7H8O4/c8-6-4-2-1-3-5(10-4)7(9)11-6/h4-5H,1-3H2. The van der Waals surface area contributed by atoms with Crippen LogP contribution < -0.4 is 0 Å². The van der Waals surface area contributed by atoms with E-state index in [-0.39, 0.29) is 0 Å². The van der Waals surface area contributed by atoms with Gasteiger partial charge in [-0.3, -0.25) is 0 Å². The fourth-order valence-corrected chi connectivity index (χ4v) is 1.40. The van der Waals surface area contributed by atoms with E-state index >= 15 is 0 Å². The van der Waals surface area contributed by atoms with Crippen LogP contribution in [-0.4, -0.2) is 24.1 Å². The second-order valence-electron chi connectivity index (χ2n) is 2.78. The van der Waals surface area contributed by atoms with Gasteiger partial charge in [0.2, 0.25) is 0 Å². The molecule has 2 fully saturated rings. The van der Waals surface area contributed by atoms with Crippen molar-refractivity contribution in [2.45, 2.75) is 31.5 Å². The fraction of sp³-hybridized carbons (Fsp3) is 0.714. The molecule has 0 radical (unpaired) electrons. The highest BCUT2D eigenvalue weighted by Gasteiger charge is 2.40. The van der Waals surface area contributed by atoms with E-state index in [2.05, 4.69) is 4.74 Å².